The van der Waals surface area contributed by atoms with Crippen molar-refractivity contribution in [2.24, 2.45) is 0 Å². The van der Waals surface area contributed by atoms with Crippen molar-refractivity contribution >= 4 is 12.9 Å². The van der Waals surface area contributed by atoms with E-state index in [0.717, 1.165) is 19.3 Å². The van der Waals surface area contributed by atoms with Gasteiger partial charge in [0.1, 0.15) is 5.69 Å². The summed E-state index contributed by atoms with van der Waals surface area (Å²) in [5.41, 5.74) is 9.76. The van der Waals surface area contributed by atoms with Gasteiger partial charge in [-0.1, -0.05) is 26.8 Å². The maximum atomic E-state index is 9.75. The van der Waals surface area contributed by atoms with Crippen LogP contribution in [0.15, 0.2) is 12.1 Å². The SMILES string of the molecule is CCc1ccc([NH3+])c(CC)c1CC.F[B-](F)(F)F. The van der Waals surface area contributed by atoms with E-state index < -0.39 is 7.25 Å². The Hall–Kier alpha value is -1.04. The van der Waals surface area contributed by atoms with Crippen molar-refractivity contribution in [3.05, 3.63) is 28.8 Å². The highest BCUT2D eigenvalue weighted by atomic mass is 19.5. The summed E-state index contributed by atoms with van der Waals surface area (Å²) in [5.74, 6) is 0. The largest absolute Gasteiger partial charge is 0.673 e. The van der Waals surface area contributed by atoms with Crippen LogP contribution in [-0.4, -0.2) is 7.25 Å². The maximum Gasteiger partial charge on any atom is 0.673 e. The molecule has 0 aliphatic carbocycles. The third-order valence-electron chi connectivity index (χ3n) is 2.71. The zero-order valence-electron chi connectivity index (χ0n) is 11.1. The topological polar surface area (TPSA) is 27.6 Å². The summed E-state index contributed by atoms with van der Waals surface area (Å²) in [6.45, 7) is 6.66. The van der Waals surface area contributed by atoms with Gasteiger partial charge in [0, 0.05) is 5.56 Å². The second-order valence-corrected chi connectivity index (χ2v) is 3.90. The molecule has 0 radical (unpaired) electrons. The van der Waals surface area contributed by atoms with Gasteiger partial charge in [0.05, 0.1) is 0 Å². The van der Waals surface area contributed by atoms with Crippen LogP contribution in [-0.2, 0) is 19.3 Å². The average Bonchev–Trinajstić information content (AvgIpc) is 2.26. The summed E-state index contributed by atoms with van der Waals surface area (Å²) < 4.78 is 39.0. The lowest BCUT2D eigenvalue weighted by Gasteiger charge is -2.11. The molecule has 0 fully saturated rings. The van der Waals surface area contributed by atoms with Gasteiger partial charge >= 0.3 is 7.25 Å². The Morgan fingerprint density at radius 3 is 1.67 bits per heavy atom. The molecule has 1 nitrogen and oxygen atoms in total. The minimum atomic E-state index is -6.00. The molecule has 0 bridgehead atoms. The van der Waals surface area contributed by atoms with Crippen molar-refractivity contribution < 1.29 is 23.0 Å². The Morgan fingerprint density at radius 2 is 1.33 bits per heavy atom. The Labute approximate surface area is 105 Å². The first kappa shape index (κ1) is 17.0. The van der Waals surface area contributed by atoms with E-state index in [1.165, 1.54) is 22.4 Å². The van der Waals surface area contributed by atoms with Gasteiger partial charge in [-0.15, -0.1) is 0 Å². The Morgan fingerprint density at radius 1 is 0.889 bits per heavy atom. The van der Waals surface area contributed by atoms with E-state index in [9.17, 15) is 17.3 Å². The highest BCUT2D eigenvalue weighted by Gasteiger charge is 2.20. The molecule has 0 aromatic heterocycles. The van der Waals surface area contributed by atoms with Crippen LogP contribution in [0.25, 0.3) is 0 Å². The lowest BCUT2D eigenvalue weighted by atomic mass is 9.94. The first-order valence-corrected chi connectivity index (χ1v) is 6.07. The molecule has 1 aromatic carbocycles. The minimum Gasteiger partial charge on any atom is -0.418 e. The van der Waals surface area contributed by atoms with Crippen LogP contribution < -0.4 is 5.73 Å². The number of rotatable bonds is 3. The van der Waals surface area contributed by atoms with Crippen molar-refractivity contribution in [1.29, 1.82) is 0 Å². The number of hydrogen-bond acceptors (Lipinski definition) is 0. The van der Waals surface area contributed by atoms with Gasteiger partial charge in [-0.3, -0.25) is 0 Å². The van der Waals surface area contributed by atoms with Gasteiger partial charge in [0.15, 0.2) is 0 Å². The van der Waals surface area contributed by atoms with Crippen molar-refractivity contribution in [2.45, 2.75) is 40.0 Å². The van der Waals surface area contributed by atoms with E-state index in [4.69, 9.17) is 0 Å². The van der Waals surface area contributed by atoms with Gasteiger partial charge in [0.2, 0.25) is 0 Å². The Kier molecular flexibility index (Phi) is 6.98. The number of quaternary nitrogens is 1. The quantitative estimate of drug-likeness (QED) is 0.639. The zero-order valence-corrected chi connectivity index (χ0v) is 11.1. The van der Waals surface area contributed by atoms with Crippen molar-refractivity contribution in [3.63, 3.8) is 0 Å². The fourth-order valence-electron chi connectivity index (χ4n) is 2.00. The molecule has 1 aromatic rings. The van der Waals surface area contributed by atoms with Gasteiger partial charge in [-0.05, 0) is 36.5 Å². The molecule has 104 valence electrons. The molecule has 0 aliphatic heterocycles. The molecule has 0 atom stereocenters. The summed E-state index contributed by atoms with van der Waals surface area (Å²) in [7, 11) is -6.00. The molecule has 3 N–H and O–H groups in total. The normalized spacial score (nSPS) is 10.9. The van der Waals surface area contributed by atoms with Gasteiger partial charge < -0.3 is 23.0 Å². The highest BCUT2D eigenvalue weighted by Crippen LogP contribution is 2.21. The van der Waals surface area contributed by atoms with E-state index in [1.54, 1.807) is 0 Å². The van der Waals surface area contributed by atoms with E-state index in [-0.39, 0.29) is 0 Å². The van der Waals surface area contributed by atoms with Crippen LogP contribution in [0.1, 0.15) is 37.5 Å². The fourth-order valence-corrected chi connectivity index (χ4v) is 2.00. The molecule has 0 saturated carbocycles. The zero-order chi connectivity index (χ0) is 14.3. The minimum absolute atomic E-state index is 1.11. The third-order valence-corrected chi connectivity index (χ3v) is 2.71. The predicted molar refractivity (Wildman–Crippen MR) is 67.3 cm³/mol. The summed E-state index contributed by atoms with van der Waals surface area (Å²) in [4.78, 5) is 0. The summed E-state index contributed by atoms with van der Waals surface area (Å²) in [6.07, 6.45) is 3.38. The smallest absolute Gasteiger partial charge is 0.418 e. The van der Waals surface area contributed by atoms with E-state index in [2.05, 4.69) is 38.6 Å². The Balaban J connectivity index is 0.000000494. The van der Waals surface area contributed by atoms with Crippen molar-refractivity contribution in [3.8, 4) is 0 Å². The molecule has 0 spiro atoms. The lowest BCUT2D eigenvalue weighted by molar-refractivity contribution is -0.255. The van der Waals surface area contributed by atoms with Crippen LogP contribution in [0, 0.1) is 0 Å². The number of halogens is 4. The van der Waals surface area contributed by atoms with Crippen LogP contribution in [0.2, 0.25) is 0 Å². The molecule has 18 heavy (non-hydrogen) atoms. The summed E-state index contributed by atoms with van der Waals surface area (Å²) in [5, 5.41) is 0. The van der Waals surface area contributed by atoms with Gasteiger partial charge in [-0.25, -0.2) is 0 Å². The molecule has 0 aliphatic rings. The molecule has 0 amide bonds. The molecule has 0 unspecified atom stereocenters. The van der Waals surface area contributed by atoms with Crippen LogP contribution in [0.3, 0.4) is 0 Å². The summed E-state index contributed by atoms with van der Waals surface area (Å²) in [6, 6.07) is 4.37. The van der Waals surface area contributed by atoms with Crippen LogP contribution in [0.5, 0.6) is 0 Å². The van der Waals surface area contributed by atoms with E-state index in [1.807, 2.05) is 0 Å². The number of benzene rings is 1. The first-order chi connectivity index (χ1) is 8.24. The first-order valence-electron chi connectivity index (χ1n) is 6.07. The molecule has 0 heterocycles. The monoisotopic (exact) mass is 265 g/mol. The van der Waals surface area contributed by atoms with Crippen LogP contribution in [0.4, 0.5) is 23.0 Å². The predicted octanol–water partition coefficient (Wildman–Crippen LogP) is 3.55. The van der Waals surface area contributed by atoms with Crippen molar-refractivity contribution in [2.75, 3.05) is 0 Å². The van der Waals surface area contributed by atoms with Crippen LogP contribution >= 0.6 is 0 Å². The highest BCUT2D eigenvalue weighted by molar-refractivity contribution is 6.50. The Bertz CT molecular complexity index is 371. The maximum absolute atomic E-state index is 9.75. The van der Waals surface area contributed by atoms with E-state index >= 15 is 0 Å². The molecule has 0 saturated heterocycles. The third kappa shape index (κ3) is 6.05. The van der Waals surface area contributed by atoms with Gasteiger partial charge in [0.25, 0.3) is 0 Å². The fraction of sp³-hybridized carbons (Fsp3) is 0.500. The molecule has 1 rings (SSSR count). The average molecular weight is 265 g/mol. The standard InChI is InChI=1S/C12H19N.BF4/c1-4-9-7-8-12(13)11(6-3)10(9)5-2;2-1(3,4)5/h7-8H,4-6,13H2,1-3H3;/q;-1/p+1. The lowest BCUT2D eigenvalue weighted by Crippen LogP contribution is -2.41. The van der Waals surface area contributed by atoms with Gasteiger partial charge in [-0.2, -0.15) is 0 Å². The number of aryl methyl sites for hydroxylation is 1. The molecular weight excluding hydrogens is 245 g/mol. The molecule has 6 heteroatoms. The second kappa shape index (κ2) is 7.41. The second-order valence-electron chi connectivity index (χ2n) is 3.90. The number of hydrogen-bond donors (Lipinski definition) is 1. The van der Waals surface area contributed by atoms with Crippen molar-refractivity contribution in [1.82, 2.24) is 0 Å². The summed E-state index contributed by atoms with van der Waals surface area (Å²) >= 11 is 0. The molecular formula is C12H20BF4N. The van der Waals surface area contributed by atoms with E-state index in [0.29, 0.717) is 0 Å².